The van der Waals surface area contributed by atoms with E-state index in [-0.39, 0.29) is 14.9 Å². The lowest BCUT2D eigenvalue weighted by atomic mass is 10.0. The van der Waals surface area contributed by atoms with Crippen LogP contribution in [0.5, 0.6) is 0 Å². The fraction of sp³-hybridized carbons (Fsp3) is 0.667. The van der Waals surface area contributed by atoms with Crippen molar-refractivity contribution in [1.82, 2.24) is 4.72 Å². The second kappa shape index (κ2) is 5.54. The third-order valence-electron chi connectivity index (χ3n) is 3.48. The molecule has 0 bridgehead atoms. The average Bonchev–Trinajstić information content (AvgIpc) is 3.10. The number of anilines is 1. The van der Waals surface area contributed by atoms with E-state index in [2.05, 4.69) is 10.0 Å². The van der Waals surface area contributed by atoms with Gasteiger partial charge in [0.25, 0.3) is 10.0 Å². The van der Waals surface area contributed by atoms with Crippen LogP contribution in [0, 0.1) is 16.0 Å². The molecule has 0 unspecified atom stereocenters. The molecule has 1 aliphatic rings. The van der Waals surface area contributed by atoms with Crippen LogP contribution >= 0.6 is 11.3 Å². The van der Waals surface area contributed by atoms with Gasteiger partial charge in [0.2, 0.25) is 0 Å². The van der Waals surface area contributed by atoms with Crippen LogP contribution in [0.3, 0.4) is 0 Å². The third-order valence-corrected chi connectivity index (χ3v) is 6.71. The van der Waals surface area contributed by atoms with E-state index in [4.69, 9.17) is 0 Å². The molecule has 1 saturated carbocycles. The lowest BCUT2D eigenvalue weighted by molar-refractivity contribution is -0.383. The average molecular weight is 333 g/mol. The highest BCUT2D eigenvalue weighted by atomic mass is 32.2. The number of sulfonamides is 1. The minimum atomic E-state index is -3.75. The number of hydrogen-bond donors (Lipinski definition) is 2. The molecule has 9 heteroatoms. The molecule has 2 N–H and O–H groups in total. The van der Waals surface area contributed by atoms with E-state index in [0.717, 1.165) is 30.2 Å². The Bertz CT molecular complexity index is 647. The van der Waals surface area contributed by atoms with Crippen molar-refractivity contribution in [3.8, 4) is 0 Å². The first-order valence-electron chi connectivity index (χ1n) is 6.73. The van der Waals surface area contributed by atoms with Gasteiger partial charge in [0, 0.05) is 18.2 Å². The second-order valence-electron chi connectivity index (χ2n) is 5.67. The Balaban J connectivity index is 2.31. The largest absolute Gasteiger partial charge is 0.372 e. The SMILES string of the molecule is CCNc1sc(S(=O)(=O)NC(C)(C)C2CC2)cc1[N+](=O)[O-]. The lowest BCUT2D eigenvalue weighted by Crippen LogP contribution is -2.44. The Kier molecular flexibility index (Phi) is 4.27. The predicted molar refractivity (Wildman–Crippen MR) is 82.3 cm³/mol. The molecule has 0 aromatic carbocycles. The first-order chi connectivity index (χ1) is 9.67. The second-order valence-corrected chi connectivity index (χ2v) is 8.63. The highest BCUT2D eigenvalue weighted by Crippen LogP contribution is 2.41. The first-order valence-corrected chi connectivity index (χ1v) is 9.03. The molecule has 2 rings (SSSR count). The fourth-order valence-corrected chi connectivity index (χ4v) is 5.07. The topological polar surface area (TPSA) is 101 Å². The zero-order chi connectivity index (χ0) is 15.8. The van der Waals surface area contributed by atoms with Crippen LogP contribution in [-0.4, -0.2) is 25.4 Å². The Morgan fingerprint density at radius 1 is 1.48 bits per heavy atom. The van der Waals surface area contributed by atoms with Crippen LogP contribution in [0.4, 0.5) is 10.7 Å². The van der Waals surface area contributed by atoms with Gasteiger partial charge in [0.15, 0.2) is 5.00 Å². The molecule has 0 amide bonds. The third kappa shape index (κ3) is 3.53. The molecular formula is C12H19N3O4S2. The molecule has 1 heterocycles. The van der Waals surface area contributed by atoms with E-state index < -0.39 is 20.5 Å². The van der Waals surface area contributed by atoms with E-state index in [1.165, 1.54) is 0 Å². The number of nitrogens with zero attached hydrogens (tertiary/aromatic N) is 1. The van der Waals surface area contributed by atoms with Gasteiger partial charge in [0.1, 0.15) is 4.21 Å². The van der Waals surface area contributed by atoms with Crippen LogP contribution < -0.4 is 10.0 Å². The number of nitro groups is 1. The molecule has 1 aromatic rings. The quantitative estimate of drug-likeness (QED) is 0.590. The zero-order valence-corrected chi connectivity index (χ0v) is 13.8. The van der Waals surface area contributed by atoms with Gasteiger partial charge in [0.05, 0.1) is 4.92 Å². The summed E-state index contributed by atoms with van der Waals surface area (Å²) >= 11 is 0.889. The Labute approximate surface area is 127 Å². The summed E-state index contributed by atoms with van der Waals surface area (Å²) in [7, 11) is -3.75. The van der Waals surface area contributed by atoms with E-state index >= 15 is 0 Å². The normalized spacial score (nSPS) is 16.0. The van der Waals surface area contributed by atoms with Crippen LogP contribution in [-0.2, 0) is 10.0 Å². The molecule has 1 aliphatic carbocycles. The summed E-state index contributed by atoms with van der Waals surface area (Å²) < 4.78 is 27.5. The Hall–Kier alpha value is -1.19. The summed E-state index contributed by atoms with van der Waals surface area (Å²) in [6.45, 7) is 5.97. The maximum Gasteiger partial charge on any atom is 0.304 e. The molecule has 1 fully saturated rings. The molecule has 21 heavy (non-hydrogen) atoms. The van der Waals surface area contributed by atoms with Gasteiger partial charge in [-0.3, -0.25) is 10.1 Å². The lowest BCUT2D eigenvalue weighted by Gasteiger charge is -2.25. The number of rotatable bonds is 7. The zero-order valence-electron chi connectivity index (χ0n) is 12.2. The van der Waals surface area contributed by atoms with E-state index in [9.17, 15) is 18.5 Å². The number of nitrogens with one attached hydrogen (secondary N) is 2. The summed E-state index contributed by atoms with van der Waals surface area (Å²) in [4.78, 5) is 10.4. The van der Waals surface area contributed by atoms with Gasteiger partial charge in [-0.25, -0.2) is 13.1 Å². The minimum Gasteiger partial charge on any atom is -0.372 e. The van der Waals surface area contributed by atoms with Crippen molar-refractivity contribution < 1.29 is 13.3 Å². The molecular weight excluding hydrogens is 314 g/mol. The van der Waals surface area contributed by atoms with E-state index in [0.29, 0.717) is 12.5 Å². The maximum atomic E-state index is 12.4. The minimum absolute atomic E-state index is 0.0288. The van der Waals surface area contributed by atoms with Crippen LogP contribution in [0.2, 0.25) is 0 Å². The molecule has 1 aromatic heterocycles. The van der Waals surface area contributed by atoms with Crippen molar-refractivity contribution in [2.75, 3.05) is 11.9 Å². The van der Waals surface area contributed by atoms with Crippen LogP contribution in [0.25, 0.3) is 0 Å². The standard InChI is InChI=1S/C12H19N3O4S2/c1-4-13-11-9(15(16)17)7-10(20-11)21(18,19)14-12(2,3)8-5-6-8/h7-8,13-14H,4-6H2,1-3H3. The summed E-state index contributed by atoms with van der Waals surface area (Å²) in [6.07, 6.45) is 2.01. The molecule has 0 spiro atoms. The Morgan fingerprint density at radius 2 is 2.10 bits per heavy atom. The summed E-state index contributed by atoms with van der Waals surface area (Å²) in [5.74, 6) is 0.329. The van der Waals surface area contributed by atoms with Crippen molar-refractivity contribution in [3.63, 3.8) is 0 Å². The molecule has 0 atom stereocenters. The molecule has 118 valence electrons. The maximum absolute atomic E-state index is 12.4. The summed E-state index contributed by atoms with van der Waals surface area (Å²) in [5, 5.41) is 14.1. The molecule has 7 nitrogen and oxygen atoms in total. The van der Waals surface area contributed by atoms with Crippen molar-refractivity contribution in [2.24, 2.45) is 5.92 Å². The van der Waals surface area contributed by atoms with E-state index in [1.54, 1.807) is 6.92 Å². The van der Waals surface area contributed by atoms with Crippen molar-refractivity contribution in [2.45, 2.75) is 43.4 Å². The van der Waals surface area contributed by atoms with Crippen molar-refractivity contribution in [1.29, 1.82) is 0 Å². The Morgan fingerprint density at radius 3 is 2.57 bits per heavy atom. The van der Waals surface area contributed by atoms with Crippen LogP contribution in [0.1, 0.15) is 33.6 Å². The first kappa shape index (κ1) is 16.2. The predicted octanol–water partition coefficient (Wildman–Crippen LogP) is 2.56. The van der Waals surface area contributed by atoms with Gasteiger partial charge >= 0.3 is 5.69 Å². The van der Waals surface area contributed by atoms with Crippen molar-refractivity contribution in [3.05, 3.63) is 16.2 Å². The smallest absolute Gasteiger partial charge is 0.304 e. The number of hydrogen-bond acceptors (Lipinski definition) is 6. The number of thiophene rings is 1. The van der Waals surface area contributed by atoms with Crippen LogP contribution in [0.15, 0.2) is 10.3 Å². The van der Waals surface area contributed by atoms with Gasteiger partial charge in [-0.2, -0.15) is 0 Å². The van der Waals surface area contributed by atoms with Gasteiger partial charge in [-0.05, 0) is 39.5 Å². The van der Waals surface area contributed by atoms with Crippen molar-refractivity contribution >= 4 is 32.0 Å². The molecule has 0 saturated heterocycles. The monoisotopic (exact) mass is 333 g/mol. The van der Waals surface area contributed by atoms with Gasteiger partial charge < -0.3 is 5.32 Å². The van der Waals surface area contributed by atoms with Gasteiger partial charge in [-0.1, -0.05) is 11.3 Å². The highest BCUT2D eigenvalue weighted by molar-refractivity contribution is 7.91. The van der Waals surface area contributed by atoms with Gasteiger partial charge in [-0.15, -0.1) is 0 Å². The summed E-state index contributed by atoms with van der Waals surface area (Å²) in [5.41, 5.74) is -0.734. The molecule has 0 radical (unpaired) electrons. The summed E-state index contributed by atoms with van der Waals surface area (Å²) in [6, 6.07) is 1.12. The fourth-order valence-electron chi connectivity index (χ4n) is 2.20. The molecule has 0 aliphatic heterocycles. The van der Waals surface area contributed by atoms with E-state index in [1.807, 2.05) is 13.8 Å². The highest BCUT2D eigenvalue weighted by Gasteiger charge is 2.41.